The second-order valence-corrected chi connectivity index (χ2v) is 5.80. The molecule has 2 N–H and O–H groups in total. The number of ether oxygens (including phenoxy) is 1. The number of methoxy groups -OCH3 is 1. The predicted octanol–water partition coefficient (Wildman–Crippen LogP) is 1.28. The van der Waals surface area contributed by atoms with Crippen molar-refractivity contribution in [2.24, 2.45) is 0 Å². The normalized spacial score (nSPS) is 16.8. The van der Waals surface area contributed by atoms with Crippen molar-refractivity contribution in [2.75, 3.05) is 32.1 Å². The molecule has 1 aromatic carbocycles. The Kier molecular flexibility index (Phi) is 5.43. The fourth-order valence-electron chi connectivity index (χ4n) is 2.76. The molecule has 7 nitrogen and oxygen atoms in total. The van der Waals surface area contributed by atoms with Crippen molar-refractivity contribution < 1.29 is 18.7 Å². The molecular formula is C18H19FN4O3. The van der Waals surface area contributed by atoms with Gasteiger partial charge in [0.15, 0.2) is 0 Å². The number of carbonyl (C=O) groups is 2. The van der Waals surface area contributed by atoms with Crippen molar-refractivity contribution in [2.45, 2.75) is 6.04 Å². The van der Waals surface area contributed by atoms with E-state index < -0.39 is 6.04 Å². The maximum absolute atomic E-state index is 13.0. The molecule has 2 amide bonds. The van der Waals surface area contributed by atoms with Crippen LogP contribution in [0.4, 0.5) is 10.1 Å². The maximum atomic E-state index is 13.0. The van der Waals surface area contributed by atoms with Gasteiger partial charge in [-0.1, -0.05) is 0 Å². The Hall–Kier alpha value is -3.00. The summed E-state index contributed by atoms with van der Waals surface area (Å²) in [6.45, 7) is 1.32. The lowest BCUT2D eigenvalue weighted by molar-refractivity contribution is -0.121. The number of nitrogens with one attached hydrogen (secondary N) is 2. The molecule has 0 radical (unpaired) electrons. The third kappa shape index (κ3) is 3.97. The van der Waals surface area contributed by atoms with Gasteiger partial charge in [0.1, 0.15) is 11.9 Å². The summed E-state index contributed by atoms with van der Waals surface area (Å²) >= 11 is 0. The number of halogens is 1. The molecule has 0 spiro atoms. The predicted molar refractivity (Wildman–Crippen MR) is 93.5 cm³/mol. The van der Waals surface area contributed by atoms with Gasteiger partial charge in [-0.25, -0.2) is 9.37 Å². The summed E-state index contributed by atoms with van der Waals surface area (Å²) in [7, 11) is 1.47. The Morgan fingerprint density at radius 2 is 2.08 bits per heavy atom. The highest BCUT2D eigenvalue weighted by molar-refractivity contribution is 6.01. The summed E-state index contributed by atoms with van der Waals surface area (Å²) in [4.78, 5) is 31.0. The second kappa shape index (κ2) is 7.92. The number of aromatic nitrogens is 1. The van der Waals surface area contributed by atoms with Crippen molar-refractivity contribution in [3.8, 4) is 5.88 Å². The molecule has 1 aliphatic heterocycles. The van der Waals surface area contributed by atoms with E-state index in [0.29, 0.717) is 36.8 Å². The number of benzene rings is 1. The lowest BCUT2D eigenvalue weighted by atomic mass is 10.1. The number of amides is 2. The van der Waals surface area contributed by atoms with Crippen LogP contribution < -0.4 is 15.4 Å². The van der Waals surface area contributed by atoms with Crippen LogP contribution in [0.1, 0.15) is 10.4 Å². The van der Waals surface area contributed by atoms with Crippen molar-refractivity contribution in [3.63, 3.8) is 0 Å². The summed E-state index contributed by atoms with van der Waals surface area (Å²) in [5.74, 6) is -0.659. The molecule has 1 aliphatic rings. The van der Waals surface area contributed by atoms with Gasteiger partial charge in [-0.15, -0.1) is 0 Å². The summed E-state index contributed by atoms with van der Waals surface area (Å²) < 4.78 is 18.1. The van der Waals surface area contributed by atoms with Gasteiger partial charge in [0.05, 0.1) is 7.11 Å². The molecule has 8 heteroatoms. The van der Waals surface area contributed by atoms with Gasteiger partial charge >= 0.3 is 0 Å². The Morgan fingerprint density at radius 3 is 2.81 bits per heavy atom. The standard InChI is InChI=1S/C18H19FN4O3/c1-26-16-10-12(6-7-21-16)18(25)23-9-8-20-11-15(23)17(24)22-14-4-2-13(19)3-5-14/h2-7,10,15,20H,8-9,11H2,1H3,(H,22,24)/t15-/m0/s1. The number of hydrogen-bond acceptors (Lipinski definition) is 5. The highest BCUT2D eigenvalue weighted by atomic mass is 19.1. The fourth-order valence-corrected chi connectivity index (χ4v) is 2.76. The number of anilines is 1. The Balaban J connectivity index is 1.77. The Bertz CT molecular complexity index is 797. The average molecular weight is 358 g/mol. The number of rotatable bonds is 4. The zero-order valence-corrected chi connectivity index (χ0v) is 14.2. The van der Waals surface area contributed by atoms with Crippen molar-refractivity contribution >= 4 is 17.5 Å². The van der Waals surface area contributed by atoms with Gasteiger partial charge in [-0.3, -0.25) is 9.59 Å². The summed E-state index contributed by atoms with van der Waals surface area (Å²) in [6.07, 6.45) is 1.49. The number of carbonyl (C=O) groups excluding carboxylic acids is 2. The fraction of sp³-hybridized carbons (Fsp3) is 0.278. The minimum atomic E-state index is -0.680. The molecule has 0 unspecified atom stereocenters. The quantitative estimate of drug-likeness (QED) is 0.860. The lowest BCUT2D eigenvalue weighted by Crippen LogP contribution is -2.58. The van der Waals surface area contributed by atoms with Crippen LogP contribution in [0.5, 0.6) is 5.88 Å². The minimum Gasteiger partial charge on any atom is -0.481 e. The van der Waals surface area contributed by atoms with Gasteiger partial charge in [0.25, 0.3) is 5.91 Å². The second-order valence-electron chi connectivity index (χ2n) is 5.80. The molecule has 2 aromatic rings. The van der Waals surface area contributed by atoms with Gasteiger partial charge < -0.3 is 20.3 Å². The van der Waals surface area contributed by atoms with E-state index in [1.165, 1.54) is 42.5 Å². The van der Waals surface area contributed by atoms with E-state index in [1.807, 2.05) is 0 Å². The topological polar surface area (TPSA) is 83.6 Å². The molecule has 136 valence electrons. The van der Waals surface area contributed by atoms with Crippen LogP contribution in [-0.2, 0) is 4.79 Å². The molecule has 0 bridgehead atoms. The third-order valence-corrected chi connectivity index (χ3v) is 4.11. The zero-order valence-electron chi connectivity index (χ0n) is 14.2. The van der Waals surface area contributed by atoms with Crippen LogP contribution in [-0.4, -0.2) is 54.5 Å². The van der Waals surface area contributed by atoms with E-state index in [0.717, 1.165) is 0 Å². The summed E-state index contributed by atoms with van der Waals surface area (Å²) in [5.41, 5.74) is 0.873. The molecule has 26 heavy (non-hydrogen) atoms. The highest BCUT2D eigenvalue weighted by Crippen LogP contribution is 2.16. The lowest BCUT2D eigenvalue weighted by Gasteiger charge is -2.35. The molecule has 2 heterocycles. The minimum absolute atomic E-state index is 0.272. The maximum Gasteiger partial charge on any atom is 0.254 e. The van der Waals surface area contributed by atoms with Crippen molar-refractivity contribution in [1.82, 2.24) is 15.2 Å². The van der Waals surface area contributed by atoms with E-state index in [4.69, 9.17) is 4.74 Å². The van der Waals surface area contributed by atoms with Crippen LogP contribution in [0.25, 0.3) is 0 Å². The first-order valence-electron chi connectivity index (χ1n) is 8.16. The van der Waals surface area contributed by atoms with Crippen LogP contribution in [0.3, 0.4) is 0 Å². The molecule has 1 atom stereocenters. The van der Waals surface area contributed by atoms with Gasteiger partial charge in [-0.05, 0) is 30.3 Å². The monoisotopic (exact) mass is 358 g/mol. The van der Waals surface area contributed by atoms with Gasteiger partial charge in [0.2, 0.25) is 11.8 Å². The molecule has 0 aliphatic carbocycles. The number of pyridine rings is 1. The zero-order chi connectivity index (χ0) is 18.5. The SMILES string of the molecule is COc1cc(C(=O)N2CCNC[C@H]2C(=O)Nc2ccc(F)cc2)ccn1. The largest absolute Gasteiger partial charge is 0.481 e. The summed E-state index contributed by atoms with van der Waals surface area (Å²) in [6, 6.07) is 7.93. The van der Waals surface area contributed by atoms with Crippen LogP contribution in [0.15, 0.2) is 42.6 Å². The molecule has 1 fully saturated rings. The van der Waals surface area contributed by atoms with Crippen LogP contribution in [0.2, 0.25) is 0 Å². The molecule has 1 saturated heterocycles. The van der Waals surface area contributed by atoms with E-state index in [-0.39, 0.29) is 17.6 Å². The molecular weight excluding hydrogens is 339 g/mol. The Morgan fingerprint density at radius 1 is 1.31 bits per heavy atom. The van der Waals surface area contributed by atoms with Crippen molar-refractivity contribution in [1.29, 1.82) is 0 Å². The highest BCUT2D eigenvalue weighted by Gasteiger charge is 2.32. The van der Waals surface area contributed by atoms with Gasteiger partial charge in [0, 0.05) is 43.1 Å². The first kappa shape index (κ1) is 17.8. The smallest absolute Gasteiger partial charge is 0.254 e. The van der Waals surface area contributed by atoms with Crippen LogP contribution >= 0.6 is 0 Å². The number of piperazine rings is 1. The molecule has 3 rings (SSSR count). The number of nitrogens with zero attached hydrogens (tertiary/aromatic N) is 2. The van der Waals surface area contributed by atoms with E-state index >= 15 is 0 Å². The first-order chi connectivity index (χ1) is 12.6. The average Bonchev–Trinajstić information content (AvgIpc) is 2.69. The van der Waals surface area contributed by atoms with E-state index in [2.05, 4.69) is 15.6 Å². The van der Waals surface area contributed by atoms with E-state index in [9.17, 15) is 14.0 Å². The van der Waals surface area contributed by atoms with Crippen LogP contribution in [0, 0.1) is 5.82 Å². The van der Waals surface area contributed by atoms with Crippen molar-refractivity contribution in [3.05, 3.63) is 54.0 Å². The van der Waals surface area contributed by atoms with Gasteiger partial charge in [-0.2, -0.15) is 0 Å². The molecule has 0 saturated carbocycles. The van der Waals surface area contributed by atoms with E-state index in [1.54, 1.807) is 12.1 Å². The Labute approximate surface area is 150 Å². The third-order valence-electron chi connectivity index (χ3n) is 4.11. The first-order valence-corrected chi connectivity index (χ1v) is 8.16. The molecule has 1 aromatic heterocycles. The number of hydrogen-bond donors (Lipinski definition) is 2. The summed E-state index contributed by atoms with van der Waals surface area (Å²) in [5, 5.41) is 5.84.